The molecular formula is C16H25IN4. The first-order valence-electron chi connectivity index (χ1n) is 7.22. The molecule has 0 unspecified atom stereocenters. The van der Waals surface area contributed by atoms with Crippen molar-refractivity contribution in [2.45, 2.75) is 32.9 Å². The number of nitrogens with zero attached hydrogens (tertiary/aromatic N) is 2. The van der Waals surface area contributed by atoms with Gasteiger partial charge in [-0.1, -0.05) is 18.2 Å². The number of rotatable bonds is 5. The lowest BCUT2D eigenvalue weighted by Gasteiger charge is -2.14. The quantitative estimate of drug-likeness (QED) is 0.350. The third-order valence-corrected chi connectivity index (χ3v) is 3.20. The number of benzene rings is 1. The third-order valence-electron chi connectivity index (χ3n) is 3.20. The summed E-state index contributed by atoms with van der Waals surface area (Å²) in [5.41, 5.74) is 1.30. The van der Waals surface area contributed by atoms with Crippen LogP contribution in [0.4, 0.5) is 0 Å². The number of halogens is 1. The second-order valence-corrected chi connectivity index (χ2v) is 5.22. The molecule has 0 amide bonds. The van der Waals surface area contributed by atoms with Crippen LogP contribution in [0.3, 0.4) is 0 Å². The fourth-order valence-corrected chi connectivity index (χ4v) is 2.26. The number of guanidine groups is 1. The van der Waals surface area contributed by atoms with Crippen molar-refractivity contribution in [3.05, 3.63) is 36.5 Å². The van der Waals surface area contributed by atoms with E-state index in [4.69, 9.17) is 0 Å². The molecule has 0 fully saturated rings. The van der Waals surface area contributed by atoms with Crippen LogP contribution >= 0.6 is 24.0 Å². The molecule has 0 bridgehead atoms. The first-order chi connectivity index (χ1) is 9.70. The molecule has 21 heavy (non-hydrogen) atoms. The number of aromatic nitrogens is 1. The smallest absolute Gasteiger partial charge is 0.191 e. The van der Waals surface area contributed by atoms with E-state index in [9.17, 15) is 0 Å². The standard InChI is InChI=1S/C16H24N4.HI/c1-13(2)19-16(17-3)18-10-6-11-20-12-9-14-7-4-5-8-15(14)20;/h4-5,7-9,12-13H,6,10-11H2,1-3H3,(H2,17,18,19);1H. The molecule has 1 heterocycles. The summed E-state index contributed by atoms with van der Waals surface area (Å²) in [5, 5.41) is 7.93. The van der Waals surface area contributed by atoms with Crippen molar-refractivity contribution >= 4 is 40.8 Å². The average molecular weight is 400 g/mol. The Morgan fingerprint density at radius 1 is 1.24 bits per heavy atom. The molecule has 0 radical (unpaired) electrons. The molecular weight excluding hydrogens is 375 g/mol. The van der Waals surface area contributed by atoms with Gasteiger partial charge in [-0.25, -0.2) is 0 Å². The molecule has 1 aromatic heterocycles. The number of fused-ring (bicyclic) bond motifs is 1. The van der Waals surface area contributed by atoms with E-state index in [2.05, 4.69) is 70.6 Å². The Morgan fingerprint density at radius 3 is 2.71 bits per heavy atom. The molecule has 0 saturated carbocycles. The van der Waals surface area contributed by atoms with Gasteiger partial charge in [-0.2, -0.15) is 0 Å². The van der Waals surface area contributed by atoms with Gasteiger partial charge in [0.05, 0.1) is 0 Å². The monoisotopic (exact) mass is 400 g/mol. The summed E-state index contributed by atoms with van der Waals surface area (Å²) in [4.78, 5) is 4.20. The van der Waals surface area contributed by atoms with Crippen molar-refractivity contribution in [3.8, 4) is 0 Å². The highest BCUT2D eigenvalue weighted by Gasteiger charge is 2.01. The summed E-state index contributed by atoms with van der Waals surface area (Å²) in [7, 11) is 1.80. The SMILES string of the molecule is CN=C(NCCCn1ccc2ccccc21)NC(C)C.I. The van der Waals surface area contributed by atoms with E-state index in [0.29, 0.717) is 6.04 Å². The van der Waals surface area contributed by atoms with Crippen LogP contribution in [0.2, 0.25) is 0 Å². The predicted octanol–water partition coefficient (Wildman–Crippen LogP) is 3.22. The minimum absolute atomic E-state index is 0. The van der Waals surface area contributed by atoms with Gasteiger partial charge in [0.2, 0.25) is 0 Å². The van der Waals surface area contributed by atoms with Crippen molar-refractivity contribution in [1.82, 2.24) is 15.2 Å². The summed E-state index contributed by atoms with van der Waals surface area (Å²) >= 11 is 0. The Balaban J connectivity index is 0.00000220. The van der Waals surface area contributed by atoms with Crippen molar-refractivity contribution in [2.75, 3.05) is 13.6 Å². The molecule has 2 aromatic rings. The van der Waals surface area contributed by atoms with E-state index in [1.54, 1.807) is 7.05 Å². The van der Waals surface area contributed by atoms with Crippen LogP contribution in [-0.2, 0) is 6.54 Å². The van der Waals surface area contributed by atoms with E-state index in [1.165, 1.54) is 10.9 Å². The summed E-state index contributed by atoms with van der Waals surface area (Å²) < 4.78 is 2.30. The molecule has 0 aliphatic rings. The molecule has 2 N–H and O–H groups in total. The van der Waals surface area contributed by atoms with Crippen LogP contribution in [-0.4, -0.2) is 30.2 Å². The fourth-order valence-electron chi connectivity index (χ4n) is 2.26. The van der Waals surface area contributed by atoms with Gasteiger partial charge in [0.15, 0.2) is 5.96 Å². The molecule has 1 aromatic carbocycles. The van der Waals surface area contributed by atoms with E-state index in [-0.39, 0.29) is 24.0 Å². The Labute approximate surface area is 144 Å². The third kappa shape index (κ3) is 5.22. The Kier molecular flexibility index (Phi) is 7.56. The van der Waals surface area contributed by atoms with Crippen LogP contribution in [0.5, 0.6) is 0 Å². The van der Waals surface area contributed by atoms with Crippen LogP contribution < -0.4 is 10.6 Å². The number of aryl methyl sites for hydroxylation is 1. The van der Waals surface area contributed by atoms with Gasteiger partial charge in [0.1, 0.15) is 0 Å². The maximum absolute atomic E-state index is 4.20. The highest BCUT2D eigenvalue weighted by atomic mass is 127. The lowest BCUT2D eigenvalue weighted by atomic mass is 10.2. The largest absolute Gasteiger partial charge is 0.356 e. The van der Waals surface area contributed by atoms with Crippen LogP contribution in [0.1, 0.15) is 20.3 Å². The number of hydrogen-bond acceptors (Lipinski definition) is 1. The lowest BCUT2D eigenvalue weighted by molar-refractivity contribution is 0.631. The fraction of sp³-hybridized carbons (Fsp3) is 0.438. The number of para-hydroxylation sites is 1. The van der Waals surface area contributed by atoms with Gasteiger partial charge in [-0.3, -0.25) is 4.99 Å². The van der Waals surface area contributed by atoms with Gasteiger partial charge in [0.25, 0.3) is 0 Å². The van der Waals surface area contributed by atoms with Crippen molar-refractivity contribution in [3.63, 3.8) is 0 Å². The maximum Gasteiger partial charge on any atom is 0.191 e. The van der Waals surface area contributed by atoms with Crippen LogP contribution in [0.25, 0.3) is 10.9 Å². The molecule has 116 valence electrons. The van der Waals surface area contributed by atoms with Crippen molar-refractivity contribution < 1.29 is 0 Å². The average Bonchev–Trinajstić information content (AvgIpc) is 2.85. The number of hydrogen-bond donors (Lipinski definition) is 2. The maximum atomic E-state index is 4.20. The van der Waals surface area contributed by atoms with Gasteiger partial charge in [-0.15, -0.1) is 24.0 Å². The number of nitrogens with one attached hydrogen (secondary N) is 2. The highest BCUT2D eigenvalue weighted by Crippen LogP contribution is 2.15. The normalized spacial score (nSPS) is 11.5. The molecule has 0 saturated heterocycles. The summed E-state index contributed by atoms with van der Waals surface area (Å²) in [6.45, 7) is 6.15. The Morgan fingerprint density at radius 2 is 2.00 bits per heavy atom. The van der Waals surface area contributed by atoms with Crippen molar-refractivity contribution in [2.24, 2.45) is 4.99 Å². The molecule has 0 aliphatic heterocycles. The summed E-state index contributed by atoms with van der Waals surface area (Å²) in [6.07, 6.45) is 3.23. The second kappa shape index (κ2) is 8.92. The van der Waals surface area contributed by atoms with E-state index in [1.807, 2.05) is 0 Å². The van der Waals surface area contributed by atoms with Gasteiger partial charge in [0, 0.05) is 37.9 Å². The first kappa shape index (κ1) is 17.8. The molecule has 4 nitrogen and oxygen atoms in total. The van der Waals surface area contributed by atoms with E-state index < -0.39 is 0 Å². The minimum atomic E-state index is 0. The highest BCUT2D eigenvalue weighted by molar-refractivity contribution is 14.0. The summed E-state index contributed by atoms with van der Waals surface area (Å²) in [5.74, 6) is 0.873. The van der Waals surface area contributed by atoms with Gasteiger partial charge < -0.3 is 15.2 Å². The molecule has 2 rings (SSSR count). The Bertz CT molecular complexity index is 574. The van der Waals surface area contributed by atoms with Crippen molar-refractivity contribution in [1.29, 1.82) is 0 Å². The molecule has 5 heteroatoms. The molecule has 0 atom stereocenters. The summed E-state index contributed by atoms with van der Waals surface area (Å²) in [6, 6.07) is 11.1. The van der Waals surface area contributed by atoms with E-state index in [0.717, 1.165) is 25.5 Å². The Hall–Kier alpha value is -1.24. The zero-order valence-electron chi connectivity index (χ0n) is 13.0. The number of aliphatic imine (C=N–C) groups is 1. The van der Waals surface area contributed by atoms with Crippen LogP contribution in [0.15, 0.2) is 41.5 Å². The minimum Gasteiger partial charge on any atom is -0.356 e. The molecule has 0 spiro atoms. The predicted molar refractivity (Wildman–Crippen MR) is 102 cm³/mol. The van der Waals surface area contributed by atoms with Crippen LogP contribution in [0, 0.1) is 0 Å². The van der Waals surface area contributed by atoms with Gasteiger partial charge >= 0.3 is 0 Å². The molecule has 0 aliphatic carbocycles. The first-order valence-corrected chi connectivity index (χ1v) is 7.22. The van der Waals surface area contributed by atoms with Gasteiger partial charge in [-0.05, 0) is 37.8 Å². The second-order valence-electron chi connectivity index (χ2n) is 5.22. The topological polar surface area (TPSA) is 41.4 Å². The zero-order valence-corrected chi connectivity index (χ0v) is 15.3. The zero-order chi connectivity index (χ0) is 14.4. The lowest BCUT2D eigenvalue weighted by Crippen LogP contribution is -2.41. The van der Waals surface area contributed by atoms with E-state index >= 15 is 0 Å².